The predicted molar refractivity (Wildman–Crippen MR) is 115 cm³/mol. The summed E-state index contributed by atoms with van der Waals surface area (Å²) >= 11 is 0. The number of nitrogens with zero attached hydrogens (tertiary/aromatic N) is 3. The molecule has 0 aliphatic carbocycles. The summed E-state index contributed by atoms with van der Waals surface area (Å²) in [5, 5.41) is 8.24. The van der Waals surface area contributed by atoms with Crippen LogP contribution >= 0.6 is 0 Å². The van der Waals surface area contributed by atoms with E-state index in [1.165, 1.54) is 11.1 Å². The molecule has 1 fully saturated rings. The SMILES string of the molecule is COc1ccc(CCC(C)NC[C@@H]2CC(=O)N(C)[C@H]2c2c(C)nn(C)c2C)cc1. The van der Waals surface area contributed by atoms with Crippen LogP contribution in [0.1, 0.15) is 48.3 Å². The molecule has 0 spiro atoms. The summed E-state index contributed by atoms with van der Waals surface area (Å²) < 4.78 is 7.14. The third kappa shape index (κ3) is 4.64. The average molecular weight is 399 g/mol. The number of aromatic nitrogens is 2. The Morgan fingerprint density at radius 2 is 1.93 bits per heavy atom. The number of methoxy groups -OCH3 is 1. The highest BCUT2D eigenvalue weighted by molar-refractivity contribution is 5.79. The summed E-state index contributed by atoms with van der Waals surface area (Å²) in [6, 6.07) is 8.75. The lowest BCUT2D eigenvalue weighted by Gasteiger charge is -2.27. The van der Waals surface area contributed by atoms with Crippen molar-refractivity contribution in [1.29, 1.82) is 0 Å². The number of amides is 1. The second-order valence-electron chi connectivity index (χ2n) is 8.32. The minimum atomic E-state index is 0.0949. The standard InChI is InChI=1S/C23H34N4O2/c1-15(7-8-18-9-11-20(29-6)12-10-18)24-14-19-13-21(28)26(4)23(19)22-16(2)25-27(5)17(22)3/h9-12,15,19,23-24H,7-8,13-14H2,1-6H3/t15?,19-,23+/m0/s1. The van der Waals surface area contributed by atoms with Crippen molar-refractivity contribution in [2.75, 3.05) is 20.7 Å². The highest BCUT2D eigenvalue weighted by Crippen LogP contribution is 2.39. The molecule has 1 amide bonds. The van der Waals surface area contributed by atoms with Gasteiger partial charge in [-0.15, -0.1) is 0 Å². The number of hydrogen-bond acceptors (Lipinski definition) is 4. The molecular weight excluding hydrogens is 364 g/mol. The molecule has 1 aromatic heterocycles. The zero-order chi connectivity index (χ0) is 21.1. The third-order valence-corrected chi connectivity index (χ3v) is 6.31. The topological polar surface area (TPSA) is 59.4 Å². The van der Waals surface area contributed by atoms with Crippen molar-refractivity contribution in [3.63, 3.8) is 0 Å². The van der Waals surface area contributed by atoms with Gasteiger partial charge in [-0.2, -0.15) is 5.10 Å². The van der Waals surface area contributed by atoms with E-state index in [4.69, 9.17) is 4.74 Å². The second kappa shape index (κ2) is 8.99. The number of carbonyl (C=O) groups excluding carboxylic acids is 1. The van der Waals surface area contributed by atoms with E-state index in [2.05, 4.69) is 36.4 Å². The van der Waals surface area contributed by atoms with E-state index >= 15 is 0 Å². The largest absolute Gasteiger partial charge is 0.497 e. The Balaban J connectivity index is 1.59. The zero-order valence-corrected chi connectivity index (χ0v) is 18.5. The average Bonchev–Trinajstić information content (AvgIpc) is 3.12. The van der Waals surface area contributed by atoms with Gasteiger partial charge in [0.15, 0.2) is 0 Å². The van der Waals surface area contributed by atoms with Gasteiger partial charge in [0.2, 0.25) is 5.91 Å². The van der Waals surface area contributed by atoms with Crippen LogP contribution in [-0.4, -0.2) is 47.3 Å². The van der Waals surface area contributed by atoms with Crippen molar-refractivity contribution in [3.8, 4) is 5.75 Å². The molecule has 0 saturated carbocycles. The number of likely N-dealkylation sites (tertiary alicyclic amines) is 1. The highest BCUT2D eigenvalue weighted by Gasteiger charge is 2.40. The Hall–Kier alpha value is -2.34. The van der Waals surface area contributed by atoms with E-state index in [1.54, 1.807) is 7.11 Å². The van der Waals surface area contributed by atoms with Crippen LogP contribution in [0.25, 0.3) is 0 Å². The van der Waals surface area contributed by atoms with Gasteiger partial charge in [-0.1, -0.05) is 12.1 Å². The summed E-state index contributed by atoms with van der Waals surface area (Å²) in [5.74, 6) is 1.37. The van der Waals surface area contributed by atoms with Gasteiger partial charge in [-0.25, -0.2) is 0 Å². The van der Waals surface area contributed by atoms with Crippen molar-refractivity contribution in [2.24, 2.45) is 13.0 Å². The van der Waals surface area contributed by atoms with Crippen LogP contribution in [0.3, 0.4) is 0 Å². The summed E-state index contributed by atoms with van der Waals surface area (Å²) in [7, 11) is 5.58. The monoisotopic (exact) mass is 398 g/mol. The molecule has 1 N–H and O–H groups in total. The first-order valence-electron chi connectivity index (χ1n) is 10.4. The van der Waals surface area contributed by atoms with Crippen molar-refractivity contribution in [1.82, 2.24) is 20.0 Å². The Bertz CT molecular complexity index is 843. The molecule has 0 bridgehead atoms. The van der Waals surface area contributed by atoms with E-state index in [0.29, 0.717) is 12.5 Å². The quantitative estimate of drug-likeness (QED) is 0.742. The van der Waals surface area contributed by atoms with Gasteiger partial charge >= 0.3 is 0 Å². The molecule has 2 aromatic rings. The maximum Gasteiger partial charge on any atom is 0.223 e. The fraction of sp³-hybridized carbons (Fsp3) is 0.565. The normalized spacial score (nSPS) is 20.3. The molecule has 6 nitrogen and oxygen atoms in total. The van der Waals surface area contributed by atoms with Crippen molar-refractivity contribution in [2.45, 2.75) is 52.1 Å². The first-order valence-corrected chi connectivity index (χ1v) is 10.4. The first-order chi connectivity index (χ1) is 13.8. The summed E-state index contributed by atoms with van der Waals surface area (Å²) in [6.45, 7) is 7.19. The molecule has 1 saturated heterocycles. The van der Waals surface area contributed by atoms with Crippen LogP contribution < -0.4 is 10.1 Å². The summed E-state index contributed by atoms with van der Waals surface area (Å²) in [4.78, 5) is 14.4. The maximum atomic E-state index is 12.5. The number of benzene rings is 1. The molecule has 1 aliphatic rings. The van der Waals surface area contributed by atoms with E-state index < -0.39 is 0 Å². The Morgan fingerprint density at radius 3 is 2.52 bits per heavy atom. The van der Waals surface area contributed by atoms with Gasteiger partial charge in [0.05, 0.1) is 18.8 Å². The van der Waals surface area contributed by atoms with Crippen LogP contribution in [0.15, 0.2) is 24.3 Å². The van der Waals surface area contributed by atoms with Crippen LogP contribution in [0.2, 0.25) is 0 Å². The van der Waals surface area contributed by atoms with Gasteiger partial charge < -0.3 is 15.0 Å². The Kier molecular flexibility index (Phi) is 6.63. The lowest BCUT2D eigenvalue weighted by Crippen LogP contribution is -2.34. The molecule has 29 heavy (non-hydrogen) atoms. The molecule has 0 radical (unpaired) electrons. The predicted octanol–water partition coefficient (Wildman–Crippen LogP) is 3.18. The lowest BCUT2D eigenvalue weighted by molar-refractivity contribution is -0.127. The van der Waals surface area contributed by atoms with Gasteiger partial charge in [0.1, 0.15) is 5.75 Å². The van der Waals surface area contributed by atoms with E-state index in [0.717, 1.165) is 36.5 Å². The first kappa shape index (κ1) is 21.4. The van der Waals surface area contributed by atoms with Crippen molar-refractivity contribution >= 4 is 5.91 Å². The molecule has 6 heteroatoms. The second-order valence-corrected chi connectivity index (χ2v) is 8.32. The Morgan fingerprint density at radius 1 is 1.24 bits per heavy atom. The van der Waals surface area contributed by atoms with Gasteiger partial charge in [0.25, 0.3) is 0 Å². The number of carbonyl (C=O) groups is 1. The molecule has 158 valence electrons. The molecule has 2 heterocycles. The molecule has 3 atom stereocenters. The number of aryl methyl sites for hydroxylation is 3. The van der Waals surface area contributed by atoms with Crippen LogP contribution in [0.5, 0.6) is 5.75 Å². The van der Waals surface area contributed by atoms with Gasteiger partial charge in [-0.3, -0.25) is 9.48 Å². The molecular formula is C23H34N4O2. The fourth-order valence-electron chi connectivity index (χ4n) is 4.41. The lowest BCUT2D eigenvalue weighted by atomic mass is 9.92. The smallest absolute Gasteiger partial charge is 0.223 e. The van der Waals surface area contributed by atoms with E-state index in [1.807, 2.05) is 42.7 Å². The van der Waals surface area contributed by atoms with E-state index in [-0.39, 0.29) is 17.9 Å². The number of nitrogens with one attached hydrogen (secondary N) is 1. The molecule has 1 aliphatic heterocycles. The maximum absolute atomic E-state index is 12.5. The van der Waals surface area contributed by atoms with Crippen LogP contribution in [0, 0.1) is 19.8 Å². The minimum Gasteiger partial charge on any atom is -0.497 e. The third-order valence-electron chi connectivity index (χ3n) is 6.31. The zero-order valence-electron chi connectivity index (χ0n) is 18.5. The van der Waals surface area contributed by atoms with E-state index in [9.17, 15) is 4.79 Å². The fourth-order valence-corrected chi connectivity index (χ4v) is 4.41. The molecule has 1 unspecified atom stereocenters. The number of rotatable bonds is 8. The van der Waals surface area contributed by atoms with Crippen molar-refractivity contribution < 1.29 is 9.53 Å². The molecule has 3 rings (SSSR count). The summed E-state index contributed by atoms with van der Waals surface area (Å²) in [6.07, 6.45) is 2.66. The highest BCUT2D eigenvalue weighted by atomic mass is 16.5. The molecule has 1 aromatic carbocycles. The van der Waals surface area contributed by atoms with Crippen LogP contribution in [0.4, 0.5) is 0 Å². The van der Waals surface area contributed by atoms with Crippen LogP contribution in [-0.2, 0) is 18.3 Å². The van der Waals surface area contributed by atoms with Crippen molar-refractivity contribution in [3.05, 3.63) is 46.8 Å². The minimum absolute atomic E-state index is 0.0949. The summed E-state index contributed by atoms with van der Waals surface area (Å²) in [5.41, 5.74) is 4.69. The Labute approximate surface area is 174 Å². The number of hydrogen-bond donors (Lipinski definition) is 1. The van der Waals surface area contributed by atoms with Gasteiger partial charge in [0, 0.05) is 50.3 Å². The van der Waals surface area contributed by atoms with Gasteiger partial charge in [-0.05, 0) is 51.3 Å². The number of ether oxygens (including phenoxy) is 1.